The van der Waals surface area contributed by atoms with Crippen molar-refractivity contribution in [1.82, 2.24) is 8.61 Å². The van der Waals surface area contributed by atoms with E-state index in [9.17, 15) is 13.5 Å². The summed E-state index contributed by atoms with van der Waals surface area (Å²) in [6.45, 7) is 1.35. The van der Waals surface area contributed by atoms with Crippen LogP contribution in [-0.4, -0.2) is 68.6 Å². The van der Waals surface area contributed by atoms with Crippen LogP contribution in [0.15, 0.2) is 0 Å². The van der Waals surface area contributed by atoms with E-state index in [0.717, 1.165) is 25.7 Å². The van der Waals surface area contributed by atoms with E-state index in [1.165, 1.54) is 22.8 Å². The van der Waals surface area contributed by atoms with Gasteiger partial charge in [-0.3, -0.25) is 0 Å². The average Bonchev–Trinajstić information content (AvgIpc) is 2.57. The minimum absolute atomic E-state index is 0.0622. The molecular weight excluding hydrogens is 256 g/mol. The van der Waals surface area contributed by atoms with Crippen molar-refractivity contribution in [2.24, 2.45) is 0 Å². The number of nitrogens with zero attached hydrogens (tertiary/aromatic N) is 2. The molecule has 108 valence electrons. The number of aliphatic hydroxyl groups excluding tert-OH is 1. The maximum atomic E-state index is 12.3. The Bertz CT molecular complexity index is 326. The zero-order chi connectivity index (χ0) is 13.6. The predicted molar refractivity (Wildman–Crippen MR) is 69.5 cm³/mol. The molecule has 0 aromatic carbocycles. The zero-order valence-electron chi connectivity index (χ0n) is 11.2. The third-order valence-corrected chi connectivity index (χ3v) is 5.07. The van der Waals surface area contributed by atoms with Crippen LogP contribution in [0.4, 0.5) is 0 Å². The van der Waals surface area contributed by atoms with Gasteiger partial charge in [-0.25, -0.2) is 0 Å². The molecule has 1 heterocycles. The van der Waals surface area contributed by atoms with E-state index in [0.29, 0.717) is 13.1 Å². The number of ether oxygens (including phenoxy) is 1. The molecule has 1 fully saturated rings. The Labute approximate surface area is 110 Å². The molecule has 1 N–H and O–H groups in total. The molecule has 0 amide bonds. The quantitative estimate of drug-likeness (QED) is 0.746. The summed E-state index contributed by atoms with van der Waals surface area (Å²) in [6.07, 6.45) is 3.20. The molecular formula is C11H24N2O4S. The molecule has 0 saturated carbocycles. The summed E-state index contributed by atoms with van der Waals surface area (Å²) in [5.41, 5.74) is 0. The van der Waals surface area contributed by atoms with Crippen LogP contribution in [0.1, 0.15) is 25.7 Å². The fourth-order valence-corrected chi connectivity index (χ4v) is 3.58. The number of methoxy groups -OCH3 is 1. The standard InChI is InChI=1S/C11H24N2O4S/c1-12(9-11(14)10-17-2)18(15,16)13-7-5-3-4-6-8-13/h11,14H,3-10H2,1-2H3. The van der Waals surface area contributed by atoms with Crippen molar-refractivity contribution >= 4 is 10.2 Å². The third-order valence-electron chi connectivity index (χ3n) is 3.11. The van der Waals surface area contributed by atoms with Crippen molar-refractivity contribution in [2.75, 3.05) is 40.4 Å². The molecule has 0 radical (unpaired) electrons. The van der Waals surface area contributed by atoms with E-state index < -0.39 is 16.3 Å². The first kappa shape index (κ1) is 15.8. The van der Waals surface area contributed by atoms with Gasteiger partial charge in [0.1, 0.15) is 0 Å². The normalized spacial score (nSPS) is 20.9. The molecule has 1 atom stereocenters. The molecule has 0 spiro atoms. The Morgan fingerprint density at radius 2 is 1.83 bits per heavy atom. The summed E-state index contributed by atoms with van der Waals surface area (Å²) in [5.74, 6) is 0. The second-order valence-corrected chi connectivity index (χ2v) is 6.75. The van der Waals surface area contributed by atoms with E-state index in [4.69, 9.17) is 4.74 Å². The van der Waals surface area contributed by atoms with Crippen LogP contribution in [-0.2, 0) is 14.9 Å². The molecule has 1 saturated heterocycles. The third kappa shape index (κ3) is 4.47. The Morgan fingerprint density at radius 1 is 1.28 bits per heavy atom. The lowest BCUT2D eigenvalue weighted by molar-refractivity contribution is 0.0546. The van der Waals surface area contributed by atoms with Crippen LogP contribution in [0, 0.1) is 0 Å². The summed E-state index contributed by atoms with van der Waals surface area (Å²) >= 11 is 0. The van der Waals surface area contributed by atoms with Crippen LogP contribution >= 0.6 is 0 Å². The second kappa shape index (κ2) is 7.40. The SMILES string of the molecule is COCC(O)CN(C)S(=O)(=O)N1CCCCCC1. The first-order chi connectivity index (χ1) is 8.48. The fraction of sp³-hybridized carbons (Fsp3) is 1.00. The summed E-state index contributed by atoms with van der Waals surface area (Å²) in [6, 6.07) is 0. The van der Waals surface area contributed by atoms with Crippen LogP contribution < -0.4 is 0 Å². The van der Waals surface area contributed by atoms with Crippen molar-refractivity contribution in [3.8, 4) is 0 Å². The number of aliphatic hydroxyl groups is 1. The van der Waals surface area contributed by atoms with Crippen LogP contribution in [0.3, 0.4) is 0 Å². The molecule has 0 bridgehead atoms. The highest BCUT2D eigenvalue weighted by atomic mass is 32.2. The van der Waals surface area contributed by atoms with Crippen molar-refractivity contribution in [2.45, 2.75) is 31.8 Å². The van der Waals surface area contributed by atoms with Gasteiger partial charge in [-0.05, 0) is 12.8 Å². The summed E-state index contributed by atoms with van der Waals surface area (Å²) in [7, 11) is -0.470. The van der Waals surface area contributed by atoms with Gasteiger partial charge < -0.3 is 9.84 Å². The van der Waals surface area contributed by atoms with Gasteiger partial charge in [-0.2, -0.15) is 17.0 Å². The molecule has 1 aliphatic rings. The Hall–Kier alpha value is -0.210. The van der Waals surface area contributed by atoms with Gasteiger partial charge in [0, 0.05) is 33.8 Å². The largest absolute Gasteiger partial charge is 0.389 e. The van der Waals surface area contributed by atoms with Crippen molar-refractivity contribution in [1.29, 1.82) is 0 Å². The van der Waals surface area contributed by atoms with E-state index in [-0.39, 0.29) is 13.2 Å². The van der Waals surface area contributed by atoms with Gasteiger partial charge in [0.25, 0.3) is 10.2 Å². The number of hydrogen-bond acceptors (Lipinski definition) is 4. The van der Waals surface area contributed by atoms with E-state index >= 15 is 0 Å². The predicted octanol–water partition coefficient (Wildman–Crippen LogP) is 0.0463. The second-order valence-electron chi connectivity index (χ2n) is 4.71. The van der Waals surface area contributed by atoms with Crippen LogP contribution in [0.5, 0.6) is 0 Å². The first-order valence-corrected chi connectivity index (χ1v) is 7.76. The van der Waals surface area contributed by atoms with Crippen LogP contribution in [0.25, 0.3) is 0 Å². The number of rotatable bonds is 6. The van der Waals surface area contributed by atoms with E-state index in [1.807, 2.05) is 0 Å². The Kier molecular flexibility index (Phi) is 6.51. The molecule has 0 aliphatic carbocycles. The monoisotopic (exact) mass is 280 g/mol. The highest BCUT2D eigenvalue weighted by Crippen LogP contribution is 2.15. The average molecular weight is 280 g/mol. The maximum Gasteiger partial charge on any atom is 0.281 e. The van der Waals surface area contributed by atoms with Gasteiger partial charge in [0.15, 0.2) is 0 Å². The van der Waals surface area contributed by atoms with Gasteiger partial charge in [-0.1, -0.05) is 12.8 Å². The molecule has 6 nitrogen and oxygen atoms in total. The lowest BCUT2D eigenvalue weighted by Gasteiger charge is -2.27. The molecule has 0 aromatic rings. The highest BCUT2D eigenvalue weighted by Gasteiger charge is 2.28. The minimum atomic E-state index is -3.45. The molecule has 1 aliphatic heterocycles. The molecule has 1 unspecified atom stereocenters. The lowest BCUT2D eigenvalue weighted by atomic mass is 10.2. The Morgan fingerprint density at radius 3 is 2.33 bits per heavy atom. The minimum Gasteiger partial charge on any atom is -0.389 e. The topological polar surface area (TPSA) is 70.1 Å². The summed E-state index contributed by atoms with van der Waals surface area (Å²) < 4.78 is 32.1. The molecule has 1 rings (SSSR count). The molecule has 7 heteroatoms. The van der Waals surface area contributed by atoms with Gasteiger partial charge >= 0.3 is 0 Å². The number of hydrogen-bond donors (Lipinski definition) is 1. The highest BCUT2D eigenvalue weighted by molar-refractivity contribution is 7.86. The van der Waals surface area contributed by atoms with E-state index in [1.54, 1.807) is 0 Å². The summed E-state index contributed by atoms with van der Waals surface area (Å²) in [4.78, 5) is 0. The maximum absolute atomic E-state index is 12.3. The molecule has 18 heavy (non-hydrogen) atoms. The van der Waals surface area contributed by atoms with Gasteiger partial charge in [-0.15, -0.1) is 0 Å². The number of likely N-dealkylation sites (N-methyl/N-ethyl adjacent to an activating group) is 1. The zero-order valence-corrected chi connectivity index (χ0v) is 12.0. The van der Waals surface area contributed by atoms with Gasteiger partial charge in [0.2, 0.25) is 0 Å². The molecule has 0 aromatic heterocycles. The smallest absolute Gasteiger partial charge is 0.281 e. The lowest BCUT2D eigenvalue weighted by Crippen LogP contribution is -2.45. The van der Waals surface area contributed by atoms with Crippen LogP contribution in [0.2, 0.25) is 0 Å². The van der Waals surface area contributed by atoms with Crippen molar-refractivity contribution in [3.63, 3.8) is 0 Å². The van der Waals surface area contributed by atoms with Crippen molar-refractivity contribution < 1.29 is 18.3 Å². The van der Waals surface area contributed by atoms with Crippen molar-refractivity contribution in [3.05, 3.63) is 0 Å². The van der Waals surface area contributed by atoms with Gasteiger partial charge in [0.05, 0.1) is 12.7 Å². The summed E-state index contributed by atoms with van der Waals surface area (Å²) in [5, 5.41) is 9.59. The Balaban J connectivity index is 2.60. The van der Waals surface area contributed by atoms with E-state index in [2.05, 4.69) is 0 Å². The fourth-order valence-electron chi connectivity index (χ4n) is 2.11. The first-order valence-electron chi connectivity index (χ1n) is 6.37.